The first kappa shape index (κ1) is 20.4. The summed E-state index contributed by atoms with van der Waals surface area (Å²) in [5.74, 6) is 0. The van der Waals surface area contributed by atoms with E-state index in [9.17, 15) is 8.42 Å². The highest BCUT2D eigenvalue weighted by molar-refractivity contribution is 7.89. The van der Waals surface area contributed by atoms with Crippen molar-refractivity contribution in [3.8, 4) is 11.1 Å². The van der Waals surface area contributed by atoms with E-state index in [0.717, 1.165) is 16.7 Å². The van der Waals surface area contributed by atoms with E-state index in [1.54, 1.807) is 16.4 Å². The van der Waals surface area contributed by atoms with Gasteiger partial charge in [0.15, 0.2) is 0 Å². The molecule has 0 N–H and O–H groups in total. The fourth-order valence-corrected chi connectivity index (χ4v) is 6.90. The van der Waals surface area contributed by atoms with Crippen LogP contribution < -0.4 is 0 Å². The van der Waals surface area contributed by atoms with Gasteiger partial charge >= 0.3 is 0 Å². The van der Waals surface area contributed by atoms with Gasteiger partial charge in [-0.2, -0.15) is 4.31 Å². The van der Waals surface area contributed by atoms with Crippen molar-refractivity contribution in [2.45, 2.75) is 50.8 Å². The Hall–Kier alpha value is -2.47. The molecule has 2 heterocycles. The smallest absolute Gasteiger partial charge is 0.243 e. The SMILES string of the molecule is Cc1ccc(S(=O)(=O)N2CCc3cc(-c4ccccc4)c4c(c3C2(C)C)COC4)cc1. The molecule has 0 fully saturated rings. The zero-order valence-electron chi connectivity index (χ0n) is 18.2. The van der Waals surface area contributed by atoms with E-state index in [1.165, 1.54) is 22.3 Å². The maximum atomic E-state index is 13.6. The Morgan fingerprint density at radius 1 is 0.935 bits per heavy atom. The molecule has 3 aromatic rings. The molecule has 3 aromatic carbocycles. The number of nitrogens with zero attached hydrogens (tertiary/aromatic N) is 1. The first-order valence-electron chi connectivity index (χ1n) is 10.7. The molecule has 31 heavy (non-hydrogen) atoms. The maximum absolute atomic E-state index is 13.6. The van der Waals surface area contributed by atoms with Crippen LogP contribution in [0.25, 0.3) is 11.1 Å². The lowest BCUT2D eigenvalue weighted by Gasteiger charge is -2.44. The van der Waals surface area contributed by atoms with Gasteiger partial charge < -0.3 is 4.74 Å². The molecule has 2 aliphatic heterocycles. The summed E-state index contributed by atoms with van der Waals surface area (Å²) in [6.07, 6.45) is 0.691. The summed E-state index contributed by atoms with van der Waals surface area (Å²) in [5.41, 5.74) is 7.45. The normalized spacial score (nSPS) is 17.9. The minimum Gasteiger partial charge on any atom is -0.372 e. The van der Waals surface area contributed by atoms with Crippen molar-refractivity contribution in [3.05, 3.63) is 88.5 Å². The second-order valence-electron chi connectivity index (χ2n) is 8.97. The lowest BCUT2D eigenvalue weighted by molar-refractivity contribution is 0.132. The number of rotatable bonds is 3. The summed E-state index contributed by atoms with van der Waals surface area (Å²) >= 11 is 0. The van der Waals surface area contributed by atoms with Crippen molar-refractivity contribution < 1.29 is 13.2 Å². The van der Waals surface area contributed by atoms with Crippen LogP contribution in [-0.2, 0) is 39.9 Å². The van der Waals surface area contributed by atoms with Gasteiger partial charge in [0, 0.05) is 6.54 Å². The molecule has 0 atom stereocenters. The van der Waals surface area contributed by atoms with Crippen LogP contribution in [-0.4, -0.2) is 19.3 Å². The zero-order chi connectivity index (χ0) is 21.8. The van der Waals surface area contributed by atoms with Gasteiger partial charge in [-0.3, -0.25) is 0 Å². The monoisotopic (exact) mass is 433 g/mol. The number of fused-ring (bicyclic) bond motifs is 3. The Bertz CT molecular complexity index is 1250. The van der Waals surface area contributed by atoms with E-state index in [2.05, 4.69) is 30.3 Å². The molecular formula is C26H27NO3S. The second-order valence-corrected chi connectivity index (χ2v) is 10.8. The first-order chi connectivity index (χ1) is 14.8. The highest BCUT2D eigenvalue weighted by Crippen LogP contribution is 2.46. The van der Waals surface area contributed by atoms with Crippen molar-refractivity contribution in [2.24, 2.45) is 0 Å². The third-order valence-electron chi connectivity index (χ3n) is 6.64. The van der Waals surface area contributed by atoms with E-state index >= 15 is 0 Å². The summed E-state index contributed by atoms with van der Waals surface area (Å²) < 4.78 is 34.8. The van der Waals surface area contributed by atoms with Crippen LogP contribution >= 0.6 is 0 Å². The Morgan fingerprint density at radius 3 is 2.32 bits per heavy atom. The molecule has 0 unspecified atom stereocenters. The van der Waals surface area contributed by atoms with Crippen LogP contribution in [0.15, 0.2) is 65.6 Å². The van der Waals surface area contributed by atoms with Gasteiger partial charge in [-0.05, 0) is 72.7 Å². The summed E-state index contributed by atoms with van der Waals surface area (Å²) in [4.78, 5) is 0.350. The standard InChI is InChI=1S/C26H27NO3S/c1-18-9-11-21(12-10-18)31(28,29)27-14-13-20-15-22(19-7-5-4-6-8-19)23-16-30-17-24(23)25(20)26(27,2)3/h4-12,15H,13-14,16-17H2,1-3H3. The van der Waals surface area contributed by atoms with Crippen LogP contribution in [0.1, 0.15) is 41.7 Å². The van der Waals surface area contributed by atoms with Crippen molar-refractivity contribution >= 4 is 10.0 Å². The molecule has 5 heteroatoms. The van der Waals surface area contributed by atoms with E-state index in [1.807, 2.05) is 39.0 Å². The molecule has 0 aliphatic carbocycles. The van der Waals surface area contributed by atoms with Gasteiger partial charge in [0.2, 0.25) is 10.0 Å². The molecule has 0 saturated heterocycles. The number of ether oxygens (including phenoxy) is 1. The summed E-state index contributed by atoms with van der Waals surface area (Å²) in [7, 11) is -3.62. The minimum absolute atomic E-state index is 0.350. The van der Waals surface area contributed by atoms with Gasteiger partial charge in [0.25, 0.3) is 0 Å². The average Bonchev–Trinajstić information content (AvgIpc) is 3.23. The zero-order valence-corrected chi connectivity index (χ0v) is 19.0. The molecule has 0 spiro atoms. The van der Waals surface area contributed by atoms with Crippen LogP contribution in [0, 0.1) is 6.92 Å². The molecule has 2 aliphatic rings. The summed E-state index contributed by atoms with van der Waals surface area (Å²) in [6, 6.07) is 19.8. The molecule has 160 valence electrons. The van der Waals surface area contributed by atoms with Crippen LogP contribution in [0.4, 0.5) is 0 Å². The number of sulfonamides is 1. The Labute approximate surface area is 184 Å². The van der Waals surface area contributed by atoms with E-state index in [0.29, 0.717) is 31.1 Å². The molecule has 0 amide bonds. The lowest BCUT2D eigenvalue weighted by atomic mass is 9.78. The third kappa shape index (κ3) is 3.23. The maximum Gasteiger partial charge on any atom is 0.243 e. The molecule has 4 nitrogen and oxygen atoms in total. The summed E-state index contributed by atoms with van der Waals surface area (Å²) in [5, 5.41) is 0. The number of hydrogen-bond donors (Lipinski definition) is 0. The Morgan fingerprint density at radius 2 is 1.61 bits per heavy atom. The number of hydrogen-bond acceptors (Lipinski definition) is 3. The quantitative estimate of drug-likeness (QED) is 0.572. The predicted octanol–water partition coefficient (Wildman–Crippen LogP) is 5.17. The fraction of sp³-hybridized carbons (Fsp3) is 0.308. The molecule has 5 rings (SSSR count). The Kier molecular flexibility index (Phi) is 4.81. The van der Waals surface area contributed by atoms with Gasteiger partial charge in [-0.25, -0.2) is 8.42 Å². The molecule has 0 bridgehead atoms. The topological polar surface area (TPSA) is 46.6 Å². The van der Waals surface area contributed by atoms with Crippen LogP contribution in [0.3, 0.4) is 0 Å². The van der Waals surface area contributed by atoms with Crippen LogP contribution in [0.5, 0.6) is 0 Å². The van der Waals surface area contributed by atoms with Crippen molar-refractivity contribution in [2.75, 3.05) is 6.54 Å². The second kappa shape index (κ2) is 7.30. The van der Waals surface area contributed by atoms with Gasteiger partial charge in [0.05, 0.1) is 23.6 Å². The highest BCUT2D eigenvalue weighted by Gasteiger charge is 2.44. The van der Waals surface area contributed by atoms with Crippen LogP contribution in [0.2, 0.25) is 0 Å². The number of benzene rings is 3. The number of aryl methyl sites for hydroxylation is 1. The van der Waals surface area contributed by atoms with E-state index < -0.39 is 15.6 Å². The van der Waals surface area contributed by atoms with Gasteiger partial charge in [0.1, 0.15) is 0 Å². The van der Waals surface area contributed by atoms with E-state index in [-0.39, 0.29) is 0 Å². The van der Waals surface area contributed by atoms with Crippen molar-refractivity contribution in [1.82, 2.24) is 4.31 Å². The molecule has 0 radical (unpaired) electrons. The van der Waals surface area contributed by atoms with Crippen molar-refractivity contribution in [3.63, 3.8) is 0 Å². The van der Waals surface area contributed by atoms with Gasteiger partial charge in [-0.1, -0.05) is 54.1 Å². The van der Waals surface area contributed by atoms with Gasteiger partial charge in [-0.15, -0.1) is 0 Å². The van der Waals surface area contributed by atoms with Crippen molar-refractivity contribution in [1.29, 1.82) is 0 Å². The molecule has 0 aromatic heterocycles. The fourth-order valence-electron chi connectivity index (χ4n) is 5.14. The van der Waals surface area contributed by atoms with E-state index in [4.69, 9.17) is 4.74 Å². The largest absolute Gasteiger partial charge is 0.372 e. The first-order valence-corrected chi connectivity index (χ1v) is 12.1. The molecule has 0 saturated carbocycles. The molecular weight excluding hydrogens is 406 g/mol. The lowest BCUT2D eigenvalue weighted by Crippen LogP contribution is -2.50. The highest BCUT2D eigenvalue weighted by atomic mass is 32.2. The third-order valence-corrected chi connectivity index (χ3v) is 8.72. The Balaban J connectivity index is 1.65. The minimum atomic E-state index is -3.62. The predicted molar refractivity (Wildman–Crippen MR) is 122 cm³/mol. The average molecular weight is 434 g/mol. The summed E-state index contributed by atoms with van der Waals surface area (Å²) in [6.45, 7) is 7.57.